The Kier molecular flexibility index (Phi) is 5.28. The molecular weight excluding hydrogens is 256 g/mol. The van der Waals surface area contributed by atoms with Gasteiger partial charge in [0.2, 0.25) is 0 Å². The summed E-state index contributed by atoms with van der Waals surface area (Å²) in [6.07, 6.45) is -5.91. The average molecular weight is 278 g/mol. The van der Waals surface area contributed by atoms with Gasteiger partial charge in [-0.05, 0) is 20.8 Å². The van der Waals surface area contributed by atoms with Crippen molar-refractivity contribution in [2.45, 2.75) is 51.5 Å². The van der Waals surface area contributed by atoms with Crippen LogP contribution in [0.25, 0.3) is 0 Å². The van der Waals surface area contributed by atoms with Gasteiger partial charge >= 0.3 is 5.97 Å². The third-order valence-corrected chi connectivity index (χ3v) is 2.91. The summed E-state index contributed by atoms with van der Waals surface area (Å²) in [7, 11) is 1.32. The lowest BCUT2D eigenvalue weighted by Gasteiger charge is -2.41. The van der Waals surface area contributed by atoms with Gasteiger partial charge in [0.15, 0.2) is 12.4 Å². The summed E-state index contributed by atoms with van der Waals surface area (Å²) >= 11 is 0. The van der Waals surface area contributed by atoms with Gasteiger partial charge in [0, 0.05) is 7.11 Å². The number of ether oxygens (including phenoxy) is 3. The van der Waals surface area contributed by atoms with Crippen LogP contribution in [0.15, 0.2) is 0 Å². The molecule has 0 amide bonds. The third kappa shape index (κ3) is 3.64. The number of hydrogen-bond donors (Lipinski definition) is 3. The van der Waals surface area contributed by atoms with Crippen molar-refractivity contribution >= 4 is 5.97 Å². The molecule has 1 aliphatic rings. The number of carbonyl (C=O) groups excluding carboxylic acids is 1. The molecule has 0 saturated carbocycles. The second kappa shape index (κ2) is 6.15. The highest BCUT2D eigenvalue weighted by atomic mass is 16.7. The predicted octanol–water partition coefficient (Wildman–Crippen LogP) is -0.970. The lowest BCUT2D eigenvalue weighted by Crippen LogP contribution is -2.60. The van der Waals surface area contributed by atoms with Crippen LogP contribution in [0, 0.1) is 5.41 Å². The van der Waals surface area contributed by atoms with Crippen LogP contribution in [-0.4, -0.2) is 65.7 Å². The first-order valence-corrected chi connectivity index (χ1v) is 6.08. The number of aliphatic hydroxyl groups excluding tert-OH is 3. The minimum atomic E-state index is -1.39. The fourth-order valence-corrected chi connectivity index (χ4v) is 1.67. The largest absolute Gasteiger partial charge is 0.454 e. The topological polar surface area (TPSA) is 105 Å². The normalized spacial score (nSPS) is 36.1. The van der Waals surface area contributed by atoms with Crippen LogP contribution in [0.1, 0.15) is 20.8 Å². The van der Waals surface area contributed by atoms with Gasteiger partial charge in [-0.15, -0.1) is 0 Å². The Hall–Kier alpha value is -0.730. The molecule has 0 spiro atoms. The van der Waals surface area contributed by atoms with E-state index in [1.165, 1.54) is 7.11 Å². The van der Waals surface area contributed by atoms with Gasteiger partial charge in [-0.1, -0.05) is 0 Å². The van der Waals surface area contributed by atoms with Crippen LogP contribution in [0.5, 0.6) is 0 Å². The maximum atomic E-state index is 11.8. The molecule has 0 radical (unpaired) electrons. The number of carbonyl (C=O) groups is 1. The molecule has 0 aromatic rings. The van der Waals surface area contributed by atoms with E-state index in [4.69, 9.17) is 19.3 Å². The predicted molar refractivity (Wildman–Crippen MR) is 64.1 cm³/mol. The van der Waals surface area contributed by atoms with Crippen molar-refractivity contribution in [3.8, 4) is 0 Å². The minimum absolute atomic E-state index is 0.474. The van der Waals surface area contributed by atoms with Crippen LogP contribution in [0.3, 0.4) is 0 Å². The first-order valence-electron chi connectivity index (χ1n) is 6.08. The molecule has 3 N–H and O–H groups in total. The molecule has 7 nitrogen and oxygen atoms in total. The van der Waals surface area contributed by atoms with Crippen molar-refractivity contribution in [2.75, 3.05) is 13.7 Å². The average Bonchev–Trinajstić information content (AvgIpc) is 2.34. The monoisotopic (exact) mass is 278 g/mol. The Balaban J connectivity index is 2.82. The number of methoxy groups -OCH3 is 1. The lowest BCUT2D eigenvalue weighted by molar-refractivity contribution is -0.299. The second-order valence-corrected chi connectivity index (χ2v) is 5.56. The van der Waals surface area contributed by atoms with Gasteiger partial charge in [-0.25, -0.2) is 0 Å². The summed E-state index contributed by atoms with van der Waals surface area (Å²) < 4.78 is 15.4. The summed E-state index contributed by atoms with van der Waals surface area (Å²) in [6.45, 7) is 4.53. The Morgan fingerprint density at radius 1 is 1.26 bits per heavy atom. The van der Waals surface area contributed by atoms with Gasteiger partial charge in [0.1, 0.15) is 18.3 Å². The van der Waals surface area contributed by atoms with E-state index in [-0.39, 0.29) is 0 Å². The van der Waals surface area contributed by atoms with Crippen LogP contribution >= 0.6 is 0 Å². The molecule has 0 aromatic carbocycles. The standard InChI is InChI=1S/C12H22O7/c1-12(2,3)11(16)19-9-8(15)7(14)6(5-13)18-10(9)17-4/h6-10,13-15H,5H2,1-4H3/t6-,7-,8+,9-,10-/m1/s1. The first-order chi connectivity index (χ1) is 8.72. The molecular formula is C12H22O7. The molecule has 0 unspecified atom stereocenters. The first kappa shape index (κ1) is 16.3. The highest BCUT2D eigenvalue weighted by Gasteiger charge is 2.47. The summed E-state index contributed by atoms with van der Waals surface area (Å²) in [6, 6.07) is 0. The summed E-state index contributed by atoms with van der Waals surface area (Å²) in [4.78, 5) is 11.8. The van der Waals surface area contributed by atoms with E-state index in [1.807, 2.05) is 0 Å². The molecule has 112 valence electrons. The molecule has 5 atom stereocenters. The summed E-state index contributed by atoms with van der Waals surface area (Å²) in [5.41, 5.74) is -0.753. The molecule has 1 fully saturated rings. The Bertz CT molecular complexity index is 310. The zero-order chi connectivity index (χ0) is 14.8. The van der Waals surface area contributed by atoms with Crippen LogP contribution in [0.2, 0.25) is 0 Å². The molecule has 7 heteroatoms. The zero-order valence-electron chi connectivity index (χ0n) is 11.6. The van der Waals surface area contributed by atoms with Crippen molar-refractivity contribution in [3.63, 3.8) is 0 Å². The molecule has 0 aromatic heterocycles. The van der Waals surface area contributed by atoms with Crippen molar-refractivity contribution in [3.05, 3.63) is 0 Å². The van der Waals surface area contributed by atoms with Crippen molar-refractivity contribution < 1.29 is 34.3 Å². The van der Waals surface area contributed by atoms with Crippen LogP contribution < -0.4 is 0 Å². The van der Waals surface area contributed by atoms with E-state index in [9.17, 15) is 15.0 Å². The smallest absolute Gasteiger partial charge is 0.311 e. The maximum Gasteiger partial charge on any atom is 0.311 e. The Morgan fingerprint density at radius 3 is 2.26 bits per heavy atom. The Morgan fingerprint density at radius 2 is 1.84 bits per heavy atom. The molecule has 1 saturated heterocycles. The molecule has 1 rings (SSSR count). The van der Waals surface area contributed by atoms with Gasteiger partial charge in [-0.2, -0.15) is 0 Å². The quantitative estimate of drug-likeness (QED) is 0.570. The van der Waals surface area contributed by atoms with E-state index in [1.54, 1.807) is 20.8 Å². The van der Waals surface area contributed by atoms with E-state index in [2.05, 4.69) is 0 Å². The minimum Gasteiger partial charge on any atom is -0.454 e. The molecule has 1 heterocycles. The Labute approximate surface area is 112 Å². The molecule has 0 aliphatic carbocycles. The van der Waals surface area contributed by atoms with Gasteiger partial charge in [-0.3, -0.25) is 4.79 Å². The zero-order valence-corrected chi connectivity index (χ0v) is 11.6. The number of aliphatic hydroxyl groups is 3. The van der Waals surface area contributed by atoms with E-state index in [0.29, 0.717) is 0 Å². The number of rotatable bonds is 3. The van der Waals surface area contributed by atoms with Crippen LogP contribution in [0.4, 0.5) is 0 Å². The van der Waals surface area contributed by atoms with Crippen molar-refractivity contribution in [1.82, 2.24) is 0 Å². The summed E-state index contributed by atoms with van der Waals surface area (Å²) in [5, 5.41) is 28.7. The fraction of sp³-hybridized carbons (Fsp3) is 0.917. The van der Waals surface area contributed by atoms with E-state index < -0.39 is 48.7 Å². The highest BCUT2D eigenvalue weighted by Crippen LogP contribution is 2.26. The molecule has 1 aliphatic heterocycles. The number of hydrogen-bond acceptors (Lipinski definition) is 7. The summed E-state index contributed by atoms with van der Waals surface area (Å²) in [5.74, 6) is -0.545. The number of esters is 1. The van der Waals surface area contributed by atoms with Crippen molar-refractivity contribution in [1.29, 1.82) is 0 Å². The van der Waals surface area contributed by atoms with Crippen LogP contribution in [-0.2, 0) is 19.0 Å². The van der Waals surface area contributed by atoms with Gasteiger partial charge < -0.3 is 29.5 Å². The SMILES string of the molecule is CO[C@@H]1O[C@H](CO)[C@@H](O)[C@H](O)[C@H]1OC(=O)C(C)(C)C. The lowest BCUT2D eigenvalue weighted by atomic mass is 9.95. The second-order valence-electron chi connectivity index (χ2n) is 5.56. The fourth-order valence-electron chi connectivity index (χ4n) is 1.67. The van der Waals surface area contributed by atoms with Gasteiger partial charge in [0.25, 0.3) is 0 Å². The molecule has 19 heavy (non-hydrogen) atoms. The van der Waals surface area contributed by atoms with Crippen molar-refractivity contribution in [2.24, 2.45) is 5.41 Å². The van der Waals surface area contributed by atoms with E-state index in [0.717, 1.165) is 0 Å². The van der Waals surface area contributed by atoms with Gasteiger partial charge in [0.05, 0.1) is 12.0 Å². The maximum absolute atomic E-state index is 11.8. The van der Waals surface area contributed by atoms with E-state index >= 15 is 0 Å². The third-order valence-electron chi connectivity index (χ3n) is 2.91. The highest BCUT2D eigenvalue weighted by molar-refractivity contribution is 5.75. The molecule has 0 bridgehead atoms.